The van der Waals surface area contributed by atoms with Gasteiger partial charge in [-0.25, -0.2) is 4.79 Å². The average molecular weight is 282 g/mol. The van der Waals surface area contributed by atoms with Crippen molar-refractivity contribution in [2.45, 2.75) is 43.9 Å². The van der Waals surface area contributed by atoms with Gasteiger partial charge in [-0.1, -0.05) is 11.6 Å². The van der Waals surface area contributed by atoms with Crippen molar-refractivity contribution >= 4 is 17.7 Å². The highest BCUT2D eigenvalue weighted by Crippen LogP contribution is 2.37. The van der Waals surface area contributed by atoms with E-state index in [1.165, 1.54) is 0 Å². The number of rotatable bonds is 2. The molecule has 0 saturated carbocycles. The lowest BCUT2D eigenvalue weighted by molar-refractivity contribution is 0.0496. The predicted molar refractivity (Wildman–Crippen MR) is 71.8 cm³/mol. The first-order valence-corrected chi connectivity index (χ1v) is 6.95. The van der Waals surface area contributed by atoms with Gasteiger partial charge >= 0.3 is 6.09 Å². The second-order valence-corrected chi connectivity index (χ2v) is 5.68. The summed E-state index contributed by atoms with van der Waals surface area (Å²) in [6, 6.07) is 7.55. The van der Waals surface area contributed by atoms with E-state index in [4.69, 9.17) is 16.3 Å². The van der Waals surface area contributed by atoms with Crippen LogP contribution >= 0.6 is 11.6 Å². The van der Waals surface area contributed by atoms with E-state index in [9.17, 15) is 9.90 Å². The van der Waals surface area contributed by atoms with Crippen molar-refractivity contribution in [2.75, 3.05) is 0 Å². The SMILES string of the molecule is O=C(O)N1[C@@H]2CC[C@H]1C[C@H](Oc1ccc(Cl)cc1)C2. The number of amides is 1. The Hall–Kier alpha value is -1.42. The van der Waals surface area contributed by atoms with Crippen LogP contribution in [-0.4, -0.2) is 34.3 Å². The molecule has 2 heterocycles. The predicted octanol–water partition coefficient (Wildman–Crippen LogP) is 3.39. The van der Waals surface area contributed by atoms with E-state index in [0.29, 0.717) is 5.02 Å². The monoisotopic (exact) mass is 281 g/mol. The highest BCUT2D eigenvalue weighted by Gasteiger charge is 2.44. The molecule has 1 N–H and O–H groups in total. The molecule has 0 unspecified atom stereocenters. The zero-order valence-electron chi connectivity index (χ0n) is 10.5. The van der Waals surface area contributed by atoms with Crippen LogP contribution in [0.25, 0.3) is 0 Å². The summed E-state index contributed by atoms with van der Waals surface area (Å²) in [5.74, 6) is 0.803. The lowest BCUT2D eigenvalue weighted by Gasteiger charge is -2.37. The van der Waals surface area contributed by atoms with E-state index in [1.54, 1.807) is 17.0 Å². The largest absolute Gasteiger partial charge is 0.490 e. The number of halogens is 1. The second-order valence-electron chi connectivity index (χ2n) is 5.24. The van der Waals surface area contributed by atoms with Crippen LogP contribution in [0.5, 0.6) is 5.75 Å². The van der Waals surface area contributed by atoms with Crippen LogP contribution in [0.1, 0.15) is 25.7 Å². The maximum Gasteiger partial charge on any atom is 0.407 e. The van der Waals surface area contributed by atoms with Crippen molar-refractivity contribution in [1.29, 1.82) is 0 Å². The number of nitrogens with zero attached hydrogens (tertiary/aromatic N) is 1. The van der Waals surface area contributed by atoms with Crippen molar-refractivity contribution < 1.29 is 14.6 Å². The Morgan fingerprint density at radius 2 is 1.79 bits per heavy atom. The minimum absolute atomic E-state index is 0.106. The van der Waals surface area contributed by atoms with Gasteiger partial charge in [0.05, 0.1) is 0 Å². The van der Waals surface area contributed by atoms with E-state index in [-0.39, 0.29) is 18.2 Å². The standard InChI is InChI=1S/C14H16ClNO3/c15-9-1-5-12(6-2-9)19-13-7-10-3-4-11(8-13)16(10)14(17)18/h1-2,5-6,10-11,13H,3-4,7-8H2,(H,17,18)/t10-,11+,13-. The molecule has 2 fully saturated rings. The molecule has 2 aliphatic rings. The van der Waals surface area contributed by atoms with Gasteiger partial charge < -0.3 is 14.7 Å². The molecule has 0 spiro atoms. The smallest absolute Gasteiger partial charge is 0.407 e. The summed E-state index contributed by atoms with van der Waals surface area (Å²) in [6.07, 6.45) is 2.79. The van der Waals surface area contributed by atoms with Crippen LogP contribution in [-0.2, 0) is 0 Å². The number of benzene rings is 1. The molecule has 1 amide bonds. The minimum atomic E-state index is -0.794. The fourth-order valence-corrected chi connectivity index (χ4v) is 3.37. The topological polar surface area (TPSA) is 49.8 Å². The van der Waals surface area contributed by atoms with Crippen molar-refractivity contribution in [3.63, 3.8) is 0 Å². The zero-order chi connectivity index (χ0) is 13.4. The van der Waals surface area contributed by atoms with E-state index < -0.39 is 6.09 Å². The summed E-state index contributed by atoms with van der Waals surface area (Å²) in [6.45, 7) is 0. The van der Waals surface area contributed by atoms with E-state index in [2.05, 4.69) is 0 Å². The van der Waals surface area contributed by atoms with E-state index in [1.807, 2.05) is 12.1 Å². The summed E-state index contributed by atoms with van der Waals surface area (Å²) in [4.78, 5) is 12.8. The summed E-state index contributed by atoms with van der Waals surface area (Å²) in [5, 5.41) is 9.88. The van der Waals surface area contributed by atoms with E-state index >= 15 is 0 Å². The highest BCUT2D eigenvalue weighted by molar-refractivity contribution is 6.30. The molecule has 3 atom stereocenters. The van der Waals surface area contributed by atoms with Crippen molar-refractivity contribution in [3.05, 3.63) is 29.3 Å². The molecule has 2 saturated heterocycles. The molecule has 1 aromatic rings. The molecule has 102 valence electrons. The Bertz CT molecular complexity index is 462. The van der Waals surface area contributed by atoms with Crippen LogP contribution < -0.4 is 4.74 Å². The molecule has 1 aromatic carbocycles. The molecular formula is C14H16ClNO3. The van der Waals surface area contributed by atoms with Crippen LogP contribution in [0.4, 0.5) is 4.79 Å². The third-order valence-electron chi connectivity index (χ3n) is 4.03. The van der Waals surface area contributed by atoms with Crippen LogP contribution in [0.3, 0.4) is 0 Å². The van der Waals surface area contributed by atoms with Gasteiger partial charge in [0.25, 0.3) is 0 Å². The Balaban J connectivity index is 1.66. The number of ether oxygens (including phenoxy) is 1. The first-order chi connectivity index (χ1) is 9.13. The van der Waals surface area contributed by atoms with Gasteiger partial charge in [0.1, 0.15) is 11.9 Å². The van der Waals surface area contributed by atoms with Gasteiger partial charge in [0, 0.05) is 29.9 Å². The molecule has 0 aromatic heterocycles. The number of piperidine rings is 1. The van der Waals surface area contributed by atoms with Gasteiger partial charge in [-0.15, -0.1) is 0 Å². The minimum Gasteiger partial charge on any atom is -0.490 e. The number of fused-ring (bicyclic) bond motifs is 2. The Morgan fingerprint density at radius 1 is 1.21 bits per heavy atom. The lowest BCUT2D eigenvalue weighted by Crippen LogP contribution is -2.48. The van der Waals surface area contributed by atoms with Crippen LogP contribution in [0.2, 0.25) is 5.02 Å². The second kappa shape index (κ2) is 4.93. The molecular weight excluding hydrogens is 266 g/mol. The summed E-state index contributed by atoms with van der Waals surface area (Å²) in [5.41, 5.74) is 0. The van der Waals surface area contributed by atoms with Crippen LogP contribution in [0.15, 0.2) is 24.3 Å². The van der Waals surface area contributed by atoms with Crippen molar-refractivity contribution in [2.24, 2.45) is 0 Å². The number of hydrogen-bond acceptors (Lipinski definition) is 2. The number of hydrogen-bond donors (Lipinski definition) is 1. The van der Waals surface area contributed by atoms with Crippen LogP contribution in [0, 0.1) is 0 Å². The van der Waals surface area contributed by atoms with Gasteiger partial charge in [-0.05, 0) is 37.1 Å². The fraction of sp³-hybridized carbons (Fsp3) is 0.500. The molecule has 5 heteroatoms. The first kappa shape index (κ1) is 12.6. The molecule has 2 aliphatic heterocycles. The first-order valence-electron chi connectivity index (χ1n) is 6.57. The van der Waals surface area contributed by atoms with Gasteiger partial charge in [0.15, 0.2) is 0 Å². The fourth-order valence-electron chi connectivity index (χ4n) is 3.24. The zero-order valence-corrected chi connectivity index (χ0v) is 11.2. The third kappa shape index (κ3) is 2.50. The number of carboxylic acid groups (broad SMARTS) is 1. The van der Waals surface area contributed by atoms with Gasteiger partial charge in [0.2, 0.25) is 0 Å². The Labute approximate surface area is 116 Å². The summed E-state index contributed by atoms with van der Waals surface area (Å²) < 4.78 is 5.94. The van der Waals surface area contributed by atoms with Gasteiger partial charge in [-0.2, -0.15) is 0 Å². The normalized spacial score (nSPS) is 29.3. The van der Waals surface area contributed by atoms with Crippen molar-refractivity contribution in [3.8, 4) is 5.75 Å². The maximum atomic E-state index is 11.2. The molecule has 0 radical (unpaired) electrons. The molecule has 19 heavy (non-hydrogen) atoms. The van der Waals surface area contributed by atoms with Crippen molar-refractivity contribution in [1.82, 2.24) is 4.90 Å². The molecule has 4 nitrogen and oxygen atoms in total. The quantitative estimate of drug-likeness (QED) is 0.904. The Morgan fingerprint density at radius 3 is 2.32 bits per heavy atom. The molecule has 2 bridgehead atoms. The number of carbonyl (C=O) groups is 1. The average Bonchev–Trinajstić information content (AvgIpc) is 2.65. The lowest BCUT2D eigenvalue weighted by atomic mass is 10.0. The maximum absolute atomic E-state index is 11.2. The highest BCUT2D eigenvalue weighted by atomic mass is 35.5. The molecule has 3 rings (SSSR count). The van der Waals surface area contributed by atoms with Gasteiger partial charge in [-0.3, -0.25) is 0 Å². The summed E-state index contributed by atoms with van der Waals surface area (Å²) in [7, 11) is 0. The van der Waals surface area contributed by atoms with E-state index in [0.717, 1.165) is 31.4 Å². The Kier molecular flexibility index (Phi) is 3.27. The molecule has 0 aliphatic carbocycles. The third-order valence-corrected chi connectivity index (χ3v) is 4.28. The summed E-state index contributed by atoms with van der Waals surface area (Å²) >= 11 is 5.84.